The van der Waals surface area contributed by atoms with Crippen LogP contribution in [0.4, 0.5) is 0 Å². The molecule has 1 aromatic carbocycles. The zero-order chi connectivity index (χ0) is 13.1. The Balaban J connectivity index is 2.83. The molecule has 6 heteroatoms. The molecule has 0 saturated carbocycles. The summed E-state index contributed by atoms with van der Waals surface area (Å²) in [6.07, 6.45) is 0. The Morgan fingerprint density at radius 3 is 2.41 bits per heavy atom. The van der Waals surface area contributed by atoms with Crippen molar-refractivity contribution in [2.75, 3.05) is 0 Å². The van der Waals surface area contributed by atoms with Crippen LogP contribution in [0.5, 0.6) is 0 Å². The molecule has 0 fully saturated rings. The van der Waals surface area contributed by atoms with Crippen molar-refractivity contribution < 1.29 is 10.0 Å². The zero-order valence-electron chi connectivity index (χ0n) is 9.57. The van der Waals surface area contributed by atoms with Crippen molar-refractivity contribution in [3.63, 3.8) is 0 Å². The molecule has 0 aliphatic heterocycles. The number of amidine groups is 1. The molecule has 1 rings (SSSR count). The summed E-state index contributed by atoms with van der Waals surface area (Å²) in [6, 6.07) is 7.12. The van der Waals surface area contributed by atoms with E-state index in [1.165, 1.54) is 0 Å². The van der Waals surface area contributed by atoms with Crippen LogP contribution in [0.1, 0.15) is 24.2 Å². The summed E-state index contributed by atoms with van der Waals surface area (Å²) in [5.41, 5.74) is 5.12. The monoisotopic (exact) mass is 347 g/mol. The van der Waals surface area contributed by atoms with Gasteiger partial charge in [0.05, 0.1) is 5.54 Å². The Labute approximate surface area is 113 Å². The molecule has 1 aromatic rings. The fourth-order valence-corrected chi connectivity index (χ4v) is 1.51. The Hall–Kier alpha value is -1.31. The molecule has 4 N–H and O–H groups in total. The molecule has 0 aliphatic rings. The predicted molar refractivity (Wildman–Crippen MR) is 74.1 cm³/mol. The van der Waals surface area contributed by atoms with E-state index < -0.39 is 5.54 Å². The van der Waals surface area contributed by atoms with Gasteiger partial charge in [-0.3, -0.25) is 4.79 Å². The summed E-state index contributed by atoms with van der Waals surface area (Å²) >= 11 is 2.16. The average molecular weight is 347 g/mol. The number of nitrogens with two attached hydrogens (primary N) is 1. The minimum atomic E-state index is -0.894. The second kappa shape index (κ2) is 5.35. The van der Waals surface area contributed by atoms with Gasteiger partial charge in [-0.05, 0) is 60.7 Å². The van der Waals surface area contributed by atoms with Crippen LogP contribution in [0.25, 0.3) is 0 Å². The van der Waals surface area contributed by atoms with Crippen LogP contribution < -0.4 is 11.1 Å². The fraction of sp³-hybridized carbons (Fsp3) is 0.273. The van der Waals surface area contributed by atoms with Crippen LogP contribution in [0.3, 0.4) is 0 Å². The lowest BCUT2D eigenvalue weighted by molar-refractivity contribution is 0.0931. The first kappa shape index (κ1) is 13.8. The van der Waals surface area contributed by atoms with Crippen LogP contribution in [0.15, 0.2) is 29.4 Å². The second-order valence-electron chi connectivity index (χ2n) is 4.07. The van der Waals surface area contributed by atoms with E-state index in [1.807, 2.05) is 12.1 Å². The second-order valence-corrected chi connectivity index (χ2v) is 5.32. The van der Waals surface area contributed by atoms with Crippen LogP contribution in [-0.4, -0.2) is 22.5 Å². The number of carbonyl (C=O) groups excluding carboxylic acids is 1. The normalized spacial score (nSPS) is 12.3. The quantitative estimate of drug-likeness (QED) is 0.255. The van der Waals surface area contributed by atoms with Crippen molar-refractivity contribution in [3.8, 4) is 0 Å². The van der Waals surface area contributed by atoms with Gasteiger partial charge in [0.25, 0.3) is 5.91 Å². The van der Waals surface area contributed by atoms with Crippen molar-refractivity contribution in [1.82, 2.24) is 5.32 Å². The SMILES string of the molecule is CC(C)(NC(=O)c1ccc(I)cc1)/C(N)=N/O. The van der Waals surface area contributed by atoms with Gasteiger partial charge in [-0.2, -0.15) is 0 Å². The standard InChI is InChI=1S/C11H14IN3O2/c1-11(2,10(13)15-17)14-9(16)7-3-5-8(12)6-4-7/h3-6,17H,1-2H3,(H2,13,15)(H,14,16). The number of halogens is 1. The Bertz CT molecular complexity index is 441. The van der Waals surface area contributed by atoms with Gasteiger partial charge in [0.2, 0.25) is 0 Å². The number of carbonyl (C=O) groups is 1. The molecule has 1 amide bonds. The summed E-state index contributed by atoms with van der Waals surface area (Å²) in [7, 11) is 0. The Morgan fingerprint density at radius 1 is 1.41 bits per heavy atom. The number of nitrogens with zero attached hydrogens (tertiary/aromatic N) is 1. The summed E-state index contributed by atoms with van der Waals surface area (Å²) in [5.74, 6) is -0.311. The number of benzene rings is 1. The third-order valence-electron chi connectivity index (χ3n) is 2.28. The summed E-state index contributed by atoms with van der Waals surface area (Å²) < 4.78 is 1.05. The maximum atomic E-state index is 11.9. The van der Waals surface area contributed by atoms with Crippen LogP contribution in [0.2, 0.25) is 0 Å². The predicted octanol–water partition coefficient (Wildman–Crippen LogP) is 1.55. The van der Waals surface area contributed by atoms with Gasteiger partial charge in [-0.25, -0.2) is 0 Å². The van der Waals surface area contributed by atoms with Gasteiger partial charge in [0.1, 0.15) is 0 Å². The van der Waals surface area contributed by atoms with E-state index in [9.17, 15) is 4.79 Å². The number of oxime groups is 1. The van der Waals surface area contributed by atoms with E-state index in [0.717, 1.165) is 3.57 Å². The van der Waals surface area contributed by atoms with Crippen molar-refractivity contribution >= 4 is 34.3 Å². The molecule has 0 aliphatic carbocycles. The van der Waals surface area contributed by atoms with Crippen molar-refractivity contribution in [2.24, 2.45) is 10.9 Å². The summed E-state index contributed by atoms with van der Waals surface area (Å²) in [6.45, 7) is 3.32. The van der Waals surface area contributed by atoms with Crippen LogP contribution >= 0.6 is 22.6 Å². The van der Waals surface area contributed by atoms with Crippen LogP contribution in [0, 0.1) is 3.57 Å². The van der Waals surface area contributed by atoms with E-state index in [0.29, 0.717) is 5.56 Å². The number of amides is 1. The number of rotatable bonds is 3. The van der Waals surface area contributed by atoms with Gasteiger partial charge in [0, 0.05) is 9.13 Å². The summed E-state index contributed by atoms with van der Waals surface area (Å²) in [5, 5.41) is 14.2. The minimum Gasteiger partial charge on any atom is -0.409 e. The first-order valence-corrected chi connectivity index (χ1v) is 6.01. The molecule has 0 saturated heterocycles. The molecule has 0 radical (unpaired) electrons. The van der Waals surface area contributed by atoms with Crippen molar-refractivity contribution in [2.45, 2.75) is 19.4 Å². The zero-order valence-corrected chi connectivity index (χ0v) is 11.7. The molecule has 0 heterocycles. The molecule has 0 bridgehead atoms. The minimum absolute atomic E-state index is 0.0450. The number of hydrogen-bond donors (Lipinski definition) is 3. The van der Waals surface area contributed by atoms with Crippen LogP contribution in [-0.2, 0) is 0 Å². The molecule has 92 valence electrons. The Morgan fingerprint density at radius 2 is 1.94 bits per heavy atom. The van der Waals surface area contributed by atoms with Gasteiger partial charge in [-0.15, -0.1) is 0 Å². The highest BCUT2D eigenvalue weighted by Crippen LogP contribution is 2.09. The van der Waals surface area contributed by atoms with E-state index in [4.69, 9.17) is 10.9 Å². The average Bonchev–Trinajstić information content (AvgIpc) is 2.28. The molecule has 0 aromatic heterocycles. The van der Waals surface area contributed by atoms with Gasteiger partial charge >= 0.3 is 0 Å². The molecule has 0 unspecified atom stereocenters. The summed E-state index contributed by atoms with van der Waals surface area (Å²) in [4.78, 5) is 11.9. The maximum absolute atomic E-state index is 11.9. The highest BCUT2D eigenvalue weighted by molar-refractivity contribution is 14.1. The lowest BCUT2D eigenvalue weighted by atomic mass is 10.0. The van der Waals surface area contributed by atoms with Gasteiger partial charge in [0.15, 0.2) is 5.84 Å². The molecular weight excluding hydrogens is 333 g/mol. The van der Waals surface area contributed by atoms with E-state index in [1.54, 1.807) is 26.0 Å². The van der Waals surface area contributed by atoms with Crippen molar-refractivity contribution in [1.29, 1.82) is 0 Å². The molecule has 5 nitrogen and oxygen atoms in total. The van der Waals surface area contributed by atoms with Gasteiger partial charge in [-0.1, -0.05) is 5.16 Å². The van der Waals surface area contributed by atoms with Crippen molar-refractivity contribution in [3.05, 3.63) is 33.4 Å². The molecule has 17 heavy (non-hydrogen) atoms. The lowest BCUT2D eigenvalue weighted by Gasteiger charge is -2.24. The third-order valence-corrected chi connectivity index (χ3v) is 3.00. The Kier molecular flexibility index (Phi) is 4.33. The molecule has 0 spiro atoms. The molecular formula is C11H14IN3O2. The van der Waals surface area contributed by atoms with E-state index in [-0.39, 0.29) is 11.7 Å². The highest BCUT2D eigenvalue weighted by atomic mass is 127. The van der Waals surface area contributed by atoms with E-state index >= 15 is 0 Å². The van der Waals surface area contributed by atoms with E-state index in [2.05, 4.69) is 33.1 Å². The van der Waals surface area contributed by atoms with Gasteiger partial charge < -0.3 is 16.3 Å². The topological polar surface area (TPSA) is 87.7 Å². The number of hydrogen-bond acceptors (Lipinski definition) is 3. The number of nitrogens with one attached hydrogen (secondary N) is 1. The first-order valence-electron chi connectivity index (χ1n) is 4.93. The first-order chi connectivity index (χ1) is 7.86. The highest BCUT2D eigenvalue weighted by Gasteiger charge is 2.26. The third kappa shape index (κ3) is 3.58. The maximum Gasteiger partial charge on any atom is 0.252 e. The largest absolute Gasteiger partial charge is 0.409 e. The fourth-order valence-electron chi connectivity index (χ4n) is 1.15. The molecule has 0 atom stereocenters. The lowest BCUT2D eigenvalue weighted by Crippen LogP contribution is -2.53. The smallest absolute Gasteiger partial charge is 0.252 e.